The molecule has 1 unspecified atom stereocenters. The molecule has 1 aliphatic heterocycles. The number of aromatic nitrogens is 2. The van der Waals surface area contributed by atoms with E-state index in [1.54, 1.807) is 4.90 Å². The van der Waals surface area contributed by atoms with E-state index >= 15 is 0 Å². The summed E-state index contributed by atoms with van der Waals surface area (Å²) in [6.45, 7) is 6.09. The van der Waals surface area contributed by atoms with Crippen molar-refractivity contribution in [1.82, 2.24) is 14.5 Å². The minimum Gasteiger partial charge on any atom is -0.480 e. The average Bonchev–Trinajstić information content (AvgIpc) is 2.84. The number of likely N-dealkylation sites (tertiary alicyclic amines) is 1. The van der Waals surface area contributed by atoms with Crippen LogP contribution >= 0.6 is 15.9 Å². The summed E-state index contributed by atoms with van der Waals surface area (Å²) in [6.07, 6.45) is 4.09. The van der Waals surface area contributed by atoms with Crippen molar-refractivity contribution in [3.63, 3.8) is 0 Å². The predicted molar refractivity (Wildman–Crippen MR) is 102 cm³/mol. The molecule has 1 amide bonds. The number of hydrogen-bond acceptors (Lipinski definition) is 5. The molecule has 27 heavy (non-hydrogen) atoms. The van der Waals surface area contributed by atoms with E-state index in [1.165, 1.54) is 0 Å². The number of halogens is 1. The van der Waals surface area contributed by atoms with Gasteiger partial charge in [-0.25, -0.2) is 14.6 Å². The number of aliphatic carboxylic acids is 1. The molecule has 2 rings (SSSR count). The topological polar surface area (TPSA) is 93.9 Å². The third-order valence-corrected chi connectivity index (χ3v) is 4.80. The number of carboxylic acid groups (broad SMARTS) is 1. The first-order chi connectivity index (χ1) is 12.5. The van der Waals surface area contributed by atoms with Crippen LogP contribution in [0.25, 0.3) is 0 Å². The van der Waals surface area contributed by atoms with E-state index < -0.39 is 23.8 Å². The van der Waals surface area contributed by atoms with Gasteiger partial charge in [0.1, 0.15) is 28.2 Å². The van der Waals surface area contributed by atoms with Crippen molar-refractivity contribution in [1.29, 1.82) is 0 Å². The fraction of sp³-hybridized carbons (Fsp3) is 0.722. The highest BCUT2D eigenvalue weighted by Crippen LogP contribution is 2.36. The number of ether oxygens (including phenoxy) is 2. The predicted octanol–water partition coefficient (Wildman–Crippen LogP) is 3.29. The molecule has 0 aliphatic carbocycles. The largest absolute Gasteiger partial charge is 0.480 e. The molecule has 0 aromatic carbocycles. The lowest BCUT2D eigenvalue weighted by Gasteiger charge is -2.37. The number of aryl methyl sites for hydroxylation is 1. The highest BCUT2D eigenvalue weighted by Gasteiger charge is 2.40. The molecule has 1 aliphatic rings. The quantitative estimate of drug-likeness (QED) is 0.763. The SMILES string of the molecule is Cn1cc(Br)nc1C1(OCC(=O)O)CCCCN(C(=O)OC(C)(C)C)CC1. The van der Waals surface area contributed by atoms with Crippen LogP contribution in [0.4, 0.5) is 4.79 Å². The second kappa shape index (κ2) is 8.60. The molecule has 152 valence electrons. The Kier molecular flexibility index (Phi) is 6.91. The molecular formula is C18H28BrN3O5. The summed E-state index contributed by atoms with van der Waals surface area (Å²) in [5.74, 6) is -0.379. The first kappa shape index (κ1) is 21.7. The van der Waals surface area contributed by atoms with Gasteiger partial charge in [0.25, 0.3) is 0 Å². The van der Waals surface area contributed by atoms with Crippen LogP contribution in [0.3, 0.4) is 0 Å². The van der Waals surface area contributed by atoms with Gasteiger partial charge in [-0.05, 0) is 56.0 Å². The van der Waals surface area contributed by atoms with Crippen molar-refractivity contribution < 1.29 is 24.2 Å². The lowest BCUT2D eigenvalue weighted by molar-refractivity contribution is -0.154. The average molecular weight is 446 g/mol. The van der Waals surface area contributed by atoms with Crippen molar-refractivity contribution >= 4 is 28.0 Å². The summed E-state index contributed by atoms with van der Waals surface area (Å²) >= 11 is 3.37. The Balaban J connectivity index is 2.26. The number of carbonyl (C=O) groups is 2. The molecule has 1 atom stereocenters. The molecule has 0 spiro atoms. The highest BCUT2D eigenvalue weighted by molar-refractivity contribution is 9.10. The molecule has 0 bridgehead atoms. The van der Waals surface area contributed by atoms with Crippen LogP contribution in [0.2, 0.25) is 0 Å². The van der Waals surface area contributed by atoms with Crippen molar-refractivity contribution in [2.24, 2.45) is 7.05 Å². The Morgan fingerprint density at radius 2 is 2.00 bits per heavy atom. The Labute approximate surface area is 168 Å². The lowest BCUT2D eigenvalue weighted by atomic mass is 9.89. The van der Waals surface area contributed by atoms with Gasteiger partial charge in [0.15, 0.2) is 0 Å². The standard InChI is InChI=1S/C18H28BrN3O5/c1-17(2,3)27-16(25)22-9-6-5-7-18(8-10-22,26-12-14(23)24)15-20-13(19)11-21(15)4/h11H,5-10,12H2,1-4H3,(H,23,24). The fourth-order valence-corrected chi connectivity index (χ4v) is 3.74. The molecule has 1 aromatic heterocycles. The Bertz CT molecular complexity index is 685. The van der Waals surface area contributed by atoms with Gasteiger partial charge in [-0.3, -0.25) is 0 Å². The summed E-state index contributed by atoms with van der Waals surface area (Å²) in [7, 11) is 1.85. The summed E-state index contributed by atoms with van der Waals surface area (Å²) in [5, 5.41) is 9.13. The van der Waals surface area contributed by atoms with Gasteiger partial charge in [-0.15, -0.1) is 0 Å². The normalized spacial score (nSPS) is 21.4. The third kappa shape index (κ3) is 5.93. The van der Waals surface area contributed by atoms with E-state index in [0.717, 1.165) is 12.8 Å². The van der Waals surface area contributed by atoms with Crippen LogP contribution in [0, 0.1) is 0 Å². The van der Waals surface area contributed by atoms with Crippen molar-refractivity contribution in [2.45, 2.75) is 57.7 Å². The van der Waals surface area contributed by atoms with E-state index in [9.17, 15) is 9.59 Å². The highest BCUT2D eigenvalue weighted by atomic mass is 79.9. The van der Waals surface area contributed by atoms with Crippen molar-refractivity contribution in [3.05, 3.63) is 16.6 Å². The smallest absolute Gasteiger partial charge is 0.410 e. The molecular weight excluding hydrogens is 418 g/mol. The summed E-state index contributed by atoms with van der Waals surface area (Å²) < 4.78 is 13.9. The number of carbonyl (C=O) groups excluding carboxylic acids is 1. The zero-order valence-corrected chi connectivity index (χ0v) is 17.9. The van der Waals surface area contributed by atoms with E-state index in [4.69, 9.17) is 14.6 Å². The van der Waals surface area contributed by atoms with Gasteiger partial charge < -0.3 is 24.0 Å². The van der Waals surface area contributed by atoms with Crippen molar-refractivity contribution in [2.75, 3.05) is 19.7 Å². The molecule has 1 aromatic rings. The summed E-state index contributed by atoms with van der Waals surface area (Å²) in [5.41, 5.74) is -1.44. The van der Waals surface area contributed by atoms with E-state index in [-0.39, 0.29) is 6.09 Å². The van der Waals surface area contributed by atoms with E-state index in [0.29, 0.717) is 36.4 Å². The van der Waals surface area contributed by atoms with Gasteiger partial charge in [0.05, 0.1) is 0 Å². The molecule has 0 saturated carbocycles. The maximum Gasteiger partial charge on any atom is 0.410 e. The molecule has 0 radical (unpaired) electrons. The van der Waals surface area contributed by atoms with Gasteiger partial charge in [0, 0.05) is 32.8 Å². The van der Waals surface area contributed by atoms with Crippen LogP contribution in [0.5, 0.6) is 0 Å². The molecule has 1 N–H and O–H groups in total. The number of nitrogens with zero attached hydrogens (tertiary/aromatic N) is 3. The molecule has 1 fully saturated rings. The first-order valence-electron chi connectivity index (χ1n) is 9.05. The van der Waals surface area contributed by atoms with Gasteiger partial charge in [0.2, 0.25) is 0 Å². The van der Waals surface area contributed by atoms with Crippen LogP contribution < -0.4 is 0 Å². The molecule has 2 heterocycles. The van der Waals surface area contributed by atoms with E-state index in [1.807, 2.05) is 38.6 Å². The number of imidazole rings is 1. The first-order valence-corrected chi connectivity index (χ1v) is 9.85. The van der Waals surface area contributed by atoms with Crippen molar-refractivity contribution in [3.8, 4) is 0 Å². The zero-order chi connectivity index (χ0) is 20.2. The minimum atomic E-state index is -1.03. The maximum absolute atomic E-state index is 12.5. The van der Waals surface area contributed by atoms with Crippen LogP contribution in [-0.4, -0.2) is 56.9 Å². The number of rotatable bonds is 4. The number of carboxylic acids is 1. The van der Waals surface area contributed by atoms with Gasteiger partial charge >= 0.3 is 12.1 Å². The minimum absolute atomic E-state index is 0.363. The molecule has 8 nitrogen and oxygen atoms in total. The van der Waals surface area contributed by atoms with E-state index in [2.05, 4.69) is 20.9 Å². The Morgan fingerprint density at radius 3 is 2.56 bits per heavy atom. The monoisotopic (exact) mass is 445 g/mol. The fourth-order valence-electron chi connectivity index (χ4n) is 3.26. The Hall–Kier alpha value is -1.61. The second-order valence-corrected chi connectivity index (χ2v) is 8.66. The van der Waals surface area contributed by atoms with Gasteiger partial charge in [-0.2, -0.15) is 0 Å². The Morgan fingerprint density at radius 1 is 1.30 bits per heavy atom. The number of hydrogen-bond donors (Lipinski definition) is 1. The second-order valence-electron chi connectivity index (χ2n) is 7.85. The van der Waals surface area contributed by atoms with Gasteiger partial charge in [-0.1, -0.05) is 0 Å². The van der Waals surface area contributed by atoms with Crippen LogP contribution in [0.15, 0.2) is 10.8 Å². The lowest BCUT2D eigenvalue weighted by Crippen LogP contribution is -2.44. The molecule has 1 saturated heterocycles. The van der Waals surface area contributed by atoms with Crippen LogP contribution in [0.1, 0.15) is 52.3 Å². The third-order valence-electron chi connectivity index (χ3n) is 4.42. The zero-order valence-electron chi connectivity index (χ0n) is 16.3. The summed E-state index contributed by atoms with van der Waals surface area (Å²) in [6, 6.07) is 0. The molecule has 9 heteroatoms. The van der Waals surface area contributed by atoms with Crippen LogP contribution in [-0.2, 0) is 26.9 Å². The number of amides is 1. The maximum atomic E-state index is 12.5. The summed E-state index contributed by atoms with van der Waals surface area (Å²) in [4.78, 5) is 29.8.